The summed E-state index contributed by atoms with van der Waals surface area (Å²) in [4.78, 5) is 10.5. The maximum Gasteiger partial charge on any atom is 0.160 e. The van der Waals surface area contributed by atoms with Crippen LogP contribution in [0.2, 0.25) is 0 Å². The van der Waals surface area contributed by atoms with E-state index >= 15 is 0 Å². The summed E-state index contributed by atoms with van der Waals surface area (Å²) in [6.45, 7) is 4.72. The van der Waals surface area contributed by atoms with Crippen molar-refractivity contribution in [2.75, 3.05) is 0 Å². The summed E-state index contributed by atoms with van der Waals surface area (Å²) in [5, 5.41) is 7.03. The number of hydrogen-bond donors (Lipinski definition) is 0. The van der Waals surface area contributed by atoms with Crippen molar-refractivity contribution in [2.24, 2.45) is 0 Å². The average molecular weight is 691 g/mol. The smallest absolute Gasteiger partial charge is 0.160 e. The maximum atomic E-state index is 6.30. The number of para-hydroxylation sites is 1. The van der Waals surface area contributed by atoms with Gasteiger partial charge in [-0.25, -0.2) is 9.97 Å². The lowest BCUT2D eigenvalue weighted by atomic mass is 9.81. The van der Waals surface area contributed by atoms with E-state index in [4.69, 9.17) is 14.4 Å². The molecule has 254 valence electrons. The van der Waals surface area contributed by atoms with Gasteiger partial charge in [-0.3, -0.25) is 0 Å². The summed E-state index contributed by atoms with van der Waals surface area (Å²) in [7, 11) is 0. The number of aromatic nitrogens is 2. The van der Waals surface area contributed by atoms with Crippen LogP contribution in [0.5, 0.6) is 0 Å². The van der Waals surface area contributed by atoms with Crippen LogP contribution in [0, 0.1) is 0 Å². The molecule has 0 fully saturated rings. The topological polar surface area (TPSA) is 38.9 Å². The van der Waals surface area contributed by atoms with Crippen LogP contribution in [0.3, 0.4) is 0 Å². The highest BCUT2D eigenvalue weighted by Crippen LogP contribution is 2.54. The Morgan fingerprint density at radius 3 is 1.85 bits per heavy atom. The predicted molar refractivity (Wildman–Crippen MR) is 224 cm³/mol. The van der Waals surface area contributed by atoms with E-state index in [9.17, 15) is 0 Å². The fourth-order valence-corrected chi connectivity index (χ4v) is 8.88. The van der Waals surface area contributed by atoms with Crippen LogP contribution in [0.25, 0.3) is 99.6 Å². The molecule has 0 unspecified atom stereocenters. The molecule has 0 spiro atoms. The molecule has 0 saturated heterocycles. The third-order valence-electron chi connectivity index (χ3n) is 11.5. The van der Waals surface area contributed by atoms with Gasteiger partial charge >= 0.3 is 0 Å². The van der Waals surface area contributed by atoms with Crippen LogP contribution >= 0.6 is 0 Å². The van der Waals surface area contributed by atoms with Crippen molar-refractivity contribution in [3.05, 3.63) is 181 Å². The van der Waals surface area contributed by atoms with Crippen molar-refractivity contribution in [1.29, 1.82) is 0 Å². The van der Waals surface area contributed by atoms with E-state index in [1.54, 1.807) is 0 Å². The van der Waals surface area contributed by atoms with Gasteiger partial charge in [0, 0.05) is 32.9 Å². The van der Waals surface area contributed by atoms with E-state index in [0.717, 1.165) is 55.4 Å². The van der Waals surface area contributed by atoms with Crippen molar-refractivity contribution in [1.82, 2.24) is 9.97 Å². The maximum absolute atomic E-state index is 6.30. The Balaban J connectivity index is 1.14. The third-order valence-corrected chi connectivity index (χ3v) is 11.5. The van der Waals surface area contributed by atoms with E-state index in [1.807, 2.05) is 36.4 Å². The Labute approximate surface area is 313 Å². The lowest BCUT2D eigenvalue weighted by Gasteiger charge is -2.22. The van der Waals surface area contributed by atoms with Crippen molar-refractivity contribution >= 4 is 43.5 Å². The second kappa shape index (κ2) is 11.6. The SMILES string of the molecule is CC1(C)c2cc3ccccc3cc2-c2c(-c3ccc(-c4cc(-c5cccc6oc7ccccc7c56)nc(-c5ccccc5)n4)c4ccccc34)cccc21. The van der Waals surface area contributed by atoms with Crippen molar-refractivity contribution in [3.8, 4) is 56.2 Å². The molecule has 0 bridgehead atoms. The Hall–Kier alpha value is -6.84. The number of fused-ring (bicyclic) bond motifs is 8. The molecule has 8 aromatic carbocycles. The van der Waals surface area contributed by atoms with Gasteiger partial charge < -0.3 is 4.42 Å². The van der Waals surface area contributed by atoms with Crippen LogP contribution in [-0.4, -0.2) is 9.97 Å². The molecule has 54 heavy (non-hydrogen) atoms. The molecule has 1 aliphatic carbocycles. The van der Waals surface area contributed by atoms with Gasteiger partial charge in [0.05, 0.1) is 11.4 Å². The summed E-state index contributed by atoms with van der Waals surface area (Å²) >= 11 is 0. The Morgan fingerprint density at radius 2 is 1.04 bits per heavy atom. The van der Waals surface area contributed by atoms with Crippen molar-refractivity contribution in [3.63, 3.8) is 0 Å². The van der Waals surface area contributed by atoms with Gasteiger partial charge in [0.1, 0.15) is 11.2 Å². The first-order chi connectivity index (χ1) is 26.5. The van der Waals surface area contributed by atoms with E-state index in [1.165, 1.54) is 49.5 Å². The zero-order valence-corrected chi connectivity index (χ0v) is 30.0. The molecule has 11 rings (SSSR count). The number of furan rings is 1. The predicted octanol–water partition coefficient (Wildman–Crippen LogP) is 13.7. The molecular formula is C51H34N2O. The summed E-state index contributed by atoms with van der Waals surface area (Å²) in [6, 6.07) is 60.6. The first-order valence-electron chi connectivity index (χ1n) is 18.6. The minimum absolute atomic E-state index is 0.116. The molecule has 3 heteroatoms. The molecule has 0 saturated carbocycles. The van der Waals surface area contributed by atoms with E-state index in [2.05, 4.69) is 147 Å². The van der Waals surface area contributed by atoms with Gasteiger partial charge in [-0.15, -0.1) is 0 Å². The first-order valence-corrected chi connectivity index (χ1v) is 18.6. The molecule has 0 aliphatic heterocycles. The Bertz CT molecular complexity index is 3130. The number of benzene rings is 8. The second-order valence-corrected chi connectivity index (χ2v) is 14.9. The lowest BCUT2D eigenvalue weighted by Crippen LogP contribution is -2.14. The highest BCUT2D eigenvalue weighted by molar-refractivity contribution is 6.13. The van der Waals surface area contributed by atoms with Crippen LogP contribution in [0.15, 0.2) is 174 Å². The molecule has 0 amide bonds. The van der Waals surface area contributed by atoms with Crippen LogP contribution in [-0.2, 0) is 5.41 Å². The number of rotatable bonds is 4. The van der Waals surface area contributed by atoms with E-state index in [-0.39, 0.29) is 5.41 Å². The fraction of sp³-hybridized carbons (Fsp3) is 0.0588. The molecular weight excluding hydrogens is 657 g/mol. The van der Waals surface area contributed by atoms with Gasteiger partial charge in [-0.1, -0.05) is 153 Å². The zero-order valence-electron chi connectivity index (χ0n) is 30.0. The zero-order chi connectivity index (χ0) is 36.0. The summed E-state index contributed by atoms with van der Waals surface area (Å²) in [5.74, 6) is 0.688. The Kier molecular flexibility index (Phi) is 6.60. The summed E-state index contributed by atoms with van der Waals surface area (Å²) in [5.41, 5.74) is 14.3. The Morgan fingerprint density at radius 1 is 0.426 bits per heavy atom. The van der Waals surface area contributed by atoms with Gasteiger partial charge in [-0.2, -0.15) is 0 Å². The largest absolute Gasteiger partial charge is 0.456 e. The fourth-order valence-electron chi connectivity index (χ4n) is 8.88. The second-order valence-electron chi connectivity index (χ2n) is 14.9. The molecule has 10 aromatic rings. The molecule has 0 N–H and O–H groups in total. The first kappa shape index (κ1) is 30.8. The molecule has 0 atom stereocenters. The summed E-state index contributed by atoms with van der Waals surface area (Å²) < 4.78 is 6.30. The van der Waals surface area contributed by atoms with Gasteiger partial charge in [0.25, 0.3) is 0 Å². The van der Waals surface area contributed by atoms with Crippen molar-refractivity contribution < 1.29 is 4.42 Å². The minimum atomic E-state index is -0.116. The molecule has 2 heterocycles. The van der Waals surface area contributed by atoms with E-state index in [0.29, 0.717) is 5.82 Å². The number of hydrogen-bond acceptors (Lipinski definition) is 3. The number of nitrogens with zero attached hydrogens (tertiary/aromatic N) is 2. The monoisotopic (exact) mass is 690 g/mol. The lowest BCUT2D eigenvalue weighted by molar-refractivity contribution is 0.661. The van der Waals surface area contributed by atoms with Crippen LogP contribution in [0.1, 0.15) is 25.0 Å². The molecule has 2 aromatic heterocycles. The van der Waals surface area contributed by atoms with Crippen molar-refractivity contribution in [2.45, 2.75) is 19.3 Å². The minimum Gasteiger partial charge on any atom is -0.456 e. The quantitative estimate of drug-likeness (QED) is 0.184. The third kappa shape index (κ3) is 4.55. The standard InChI is InChI=1S/C51H34N2O/c1-51(2)42-23-12-21-38(48(42)41-28-32-16-6-7-17-33(32)29-43(41)51)36-26-27-37(35-19-9-8-18-34(35)36)44-30-45(53-50(52-44)31-14-4-3-5-15-31)39-22-13-25-47-49(39)40-20-10-11-24-46(40)54-47/h3-30H,1-2H3. The van der Waals surface area contributed by atoms with Gasteiger partial charge in [-0.05, 0) is 85.3 Å². The van der Waals surface area contributed by atoms with E-state index < -0.39 is 0 Å². The van der Waals surface area contributed by atoms with Gasteiger partial charge in [0.2, 0.25) is 0 Å². The molecule has 3 nitrogen and oxygen atoms in total. The summed E-state index contributed by atoms with van der Waals surface area (Å²) in [6.07, 6.45) is 0. The van der Waals surface area contributed by atoms with Crippen LogP contribution in [0.4, 0.5) is 0 Å². The average Bonchev–Trinajstić information content (AvgIpc) is 3.71. The molecule has 1 aliphatic rings. The van der Waals surface area contributed by atoms with Crippen LogP contribution < -0.4 is 0 Å². The van der Waals surface area contributed by atoms with Gasteiger partial charge in [0.15, 0.2) is 5.82 Å². The normalized spacial score (nSPS) is 13.1. The molecule has 0 radical (unpaired) electrons. The highest BCUT2D eigenvalue weighted by Gasteiger charge is 2.37. The highest BCUT2D eigenvalue weighted by atomic mass is 16.3.